The number of hydrogen-bond acceptors (Lipinski definition) is 5. The van der Waals surface area contributed by atoms with Gasteiger partial charge in [-0.3, -0.25) is 4.79 Å². The van der Waals surface area contributed by atoms with Crippen molar-refractivity contribution in [1.29, 1.82) is 0 Å². The number of carbonyl (C=O) groups excluding carboxylic acids is 2. The van der Waals surface area contributed by atoms with Crippen LogP contribution in [-0.2, 0) is 9.53 Å². The predicted molar refractivity (Wildman–Crippen MR) is 95.7 cm³/mol. The molecule has 0 spiro atoms. The Kier molecular flexibility index (Phi) is 6.14. The fraction of sp³-hybridized carbons (Fsp3) is 0.222. The number of esters is 1. The van der Waals surface area contributed by atoms with Crippen molar-refractivity contribution >= 4 is 34.3 Å². The summed E-state index contributed by atoms with van der Waals surface area (Å²) in [7, 11) is 1.58. The Hall–Kier alpha value is -2.60. The van der Waals surface area contributed by atoms with E-state index in [1.165, 1.54) is 17.4 Å². The lowest BCUT2D eigenvalue weighted by atomic mass is 10.2. The van der Waals surface area contributed by atoms with Gasteiger partial charge in [-0.05, 0) is 37.6 Å². The largest absolute Gasteiger partial charge is 0.496 e. The van der Waals surface area contributed by atoms with Crippen LogP contribution in [0.4, 0.5) is 5.00 Å². The molecule has 126 valence electrons. The van der Waals surface area contributed by atoms with Crippen molar-refractivity contribution in [2.75, 3.05) is 19.0 Å². The molecule has 0 unspecified atom stereocenters. The first kappa shape index (κ1) is 17.7. The van der Waals surface area contributed by atoms with Gasteiger partial charge in [0.05, 0.1) is 18.7 Å². The standard InChI is InChI=1S/C18H19NO4S/c1-4-23-18(21)17-12(2)11-16(24-17)19-15(20)10-9-13-7-5-6-8-14(13)22-3/h5-11H,4H2,1-3H3,(H,19,20). The Morgan fingerprint density at radius 1 is 1.29 bits per heavy atom. The number of hydrogen-bond donors (Lipinski definition) is 1. The highest BCUT2D eigenvalue weighted by atomic mass is 32.1. The number of amides is 1. The summed E-state index contributed by atoms with van der Waals surface area (Å²) in [6, 6.07) is 9.17. The van der Waals surface area contributed by atoms with E-state index in [9.17, 15) is 9.59 Å². The van der Waals surface area contributed by atoms with E-state index in [4.69, 9.17) is 9.47 Å². The molecule has 1 N–H and O–H groups in total. The van der Waals surface area contributed by atoms with E-state index in [-0.39, 0.29) is 11.9 Å². The topological polar surface area (TPSA) is 64.6 Å². The number of para-hydroxylation sites is 1. The molecule has 0 saturated carbocycles. The Morgan fingerprint density at radius 3 is 2.75 bits per heavy atom. The van der Waals surface area contributed by atoms with Crippen molar-refractivity contribution in [1.82, 2.24) is 0 Å². The molecular formula is C18H19NO4S. The van der Waals surface area contributed by atoms with Crippen LogP contribution in [0, 0.1) is 6.92 Å². The molecular weight excluding hydrogens is 326 g/mol. The van der Waals surface area contributed by atoms with Gasteiger partial charge in [-0.2, -0.15) is 0 Å². The minimum atomic E-state index is -0.370. The van der Waals surface area contributed by atoms with Crippen LogP contribution < -0.4 is 10.1 Å². The van der Waals surface area contributed by atoms with Crippen molar-refractivity contribution in [3.8, 4) is 5.75 Å². The monoisotopic (exact) mass is 345 g/mol. The number of anilines is 1. The third-order valence-corrected chi connectivity index (χ3v) is 4.31. The fourth-order valence-corrected chi connectivity index (χ4v) is 3.05. The fourth-order valence-electron chi connectivity index (χ4n) is 2.08. The maximum Gasteiger partial charge on any atom is 0.348 e. The molecule has 2 rings (SSSR count). The lowest BCUT2D eigenvalue weighted by Gasteiger charge is -2.03. The zero-order valence-corrected chi connectivity index (χ0v) is 14.6. The molecule has 1 heterocycles. The van der Waals surface area contributed by atoms with Gasteiger partial charge >= 0.3 is 5.97 Å². The summed E-state index contributed by atoms with van der Waals surface area (Å²) in [5.41, 5.74) is 1.59. The third-order valence-electron chi connectivity index (χ3n) is 3.18. The molecule has 0 bridgehead atoms. The molecule has 0 aliphatic carbocycles. The first-order valence-electron chi connectivity index (χ1n) is 7.44. The van der Waals surface area contributed by atoms with Gasteiger partial charge < -0.3 is 14.8 Å². The van der Waals surface area contributed by atoms with E-state index >= 15 is 0 Å². The number of ether oxygens (including phenoxy) is 2. The summed E-state index contributed by atoms with van der Waals surface area (Å²) in [5.74, 6) is 0.0424. The minimum absolute atomic E-state index is 0.280. The van der Waals surface area contributed by atoms with E-state index in [1.54, 1.807) is 26.2 Å². The van der Waals surface area contributed by atoms with Crippen molar-refractivity contribution in [2.45, 2.75) is 13.8 Å². The summed E-state index contributed by atoms with van der Waals surface area (Å²) in [4.78, 5) is 24.3. The lowest BCUT2D eigenvalue weighted by Crippen LogP contribution is -2.06. The first-order chi connectivity index (χ1) is 11.5. The van der Waals surface area contributed by atoms with Gasteiger partial charge in [0.1, 0.15) is 10.6 Å². The van der Waals surface area contributed by atoms with Crippen LogP contribution in [0.3, 0.4) is 0 Å². The van der Waals surface area contributed by atoms with Gasteiger partial charge in [-0.1, -0.05) is 18.2 Å². The molecule has 5 nitrogen and oxygen atoms in total. The average Bonchev–Trinajstić information content (AvgIpc) is 2.93. The highest BCUT2D eigenvalue weighted by Crippen LogP contribution is 2.27. The second-order valence-corrected chi connectivity index (χ2v) is 5.96. The molecule has 1 amide bonds. The summed E-state index contributed by atoms with van der Waals surface area (Å²) in [5, 5.41) is 3.35. The third kappa shape index (κ3) is 4.45. The Bertz CT molecular complexity index is 764. The number of methoxy groups -OCH3 is 1. The van der Waals surface area contributed by atoms with Gasteiger partial charge in [0, 0.05) is 11.6 Å². The lowest BCUT2D eigenvalue weighted by molar-refractivity contribution is -0.111. The van der Waals surface area contributed by atoms with Gasteiger partial charge in [-0.15, -0.1) is 11.3 Å². The summed E-state index contributed by atoms with van der Waals surface area (Å²) in [6.45, 7) is 3.88. The smallest absolute Gasteiger partial charge is 0.348 e. The van der Waals surface area contributed by atoms with Crippen molar-refractivity contribution in [3.05, 3.63) is 52.4 Å². The molecule has 2 aromatic rings. The van der Waals surface area contributed by atoms with E-state index in [1.807, 2.05) is 31.2 Å². The highest BCUT2D eigenvalue weighted by Gasteiger charge is 2.15. The van der Waals surface area contributed by atoms with Crippen LogP contribution in [0.2, 0.25) is 0 Å². The van der Waals surface area contributed by atoms with Crippen LogP contribution in [0.5, 0.6) is 5.75 Å². The van der Waals surface area contributed by atoms with Gasteiger partial charge in [0.25, 0.3) is 0 Å². The van der Waals surface area contributed by atoms with Crippen molar-refractivity contribution in [3.63, 3.8) is 0 Å². The maximum atomic E-state index is 12.1. The van der Waals surface area contributed by atoms with Gasteiger partial charge in [0.15, 0.2) is 0 Å². The number of aryl methyl sites for hydroxylation is 1. The van der Waals surface area contributed by atoms with E-state index < -0.39 is 0 Å². The van der Waals surface area contributed by atoms with Crippen LogP contribution in [0.15, 0.2) is 36.4 Å². The SMILES string of the molecule is CCOC(=O)c1sc(NC(=O)C=Cc2ccccc2OC)cc1C. The summed E-state index contributed by atoms with van der Waals surface area (Å²) < 4.78 is 10.2. The van der Waals surface area contributed by atoms with Gasteiger partial charge in [-0.25, -0.2) is 4.79 Å². The maximum absolute atomic E-state index is 12.1. The molecule has 1 aromatic carbocycles. The number of nitrogens with one attached hydrogen (secondary N) is 1. The average molecular weight is 345 g/mol. The summed E-state index contributed by atoms with van der Waals surface area (Å²) >= 11 is 1.20. The molecule has 0 aliphatic heterocycles. The molecule has 1 aromatic heterocycles. The number of thiophene rings is 1. The molecule has 0 atom stereocenters. The Morgan fingerprint density at radius 2 is 2.04 bits per heavy atom. The molecule has 0 saturated heterocycles. The zero-order chi connectivity index (χ0) is 17.5. The van der Waals surface area contributed by atoms with E-state index in [0.717, 1.165) is 11.1 Å². The zero-order valence-electron chi connectivity index (χ0n) is 13.8. The minimum Gasteiger partial charge on any atom is -0.496 e. The molecule has 0 radical (unpaired) electrons. The first-order valence-corrected chi connectivity index (χ1v) is 8.26. The highest BCUT2D eigenvalue weighted by molar-refractivity contribution is 7.18. The number of benzene rings is 1. The van der Waals surface area contributed by atoms with E-state index in [2.05, 4.69) is 5.32 Å². The summed E-state index contributed by atoms with van der Waals surface area (Å²) in [6.07, 6.45) is 3.11. The molecule has 0 fully saturated rings. The second-order valence-electron chi connectivity index (χ2n) is 4.91. The van der Waals surface area contributed by atoms with Crippen molar-refractivity contribution < 1.29 is 19.1 Å². The molecule has 0 aliphatic rings. The predicted octanol–water partition coefficient (Wildman–Crippen LogP) is 3.89. The number of carbonyl (C=O) groups is 2. The quantitative estimate of drug-likeness (QED) is 0.637. The van der Waals surface area contributed by atoms with Gasteiger partial charge in [0.2, 0.25) is 5.91 Å². The normalized spacial score (nSPS) is 10.6. The number of rotatable bonds is 6. The van der Waals surface area contributed by atoms with Crippen LogP contribution in [0.1, 0.15) is 27.7 Å². The molecule has 6 heteroatoms. The van der Waals surface area contributed by atoms with Crippen LogP contribution >= 0.6 is 11.3 Å². The second kappa shape index (κ2) is 8.31. The van der Waals surface area contributed by atoms with Crippen LogP contribution in [0.25, 0.3) is 6.08 Å². The van der Waals surface area contributed by atoms with Crippen LogP contribution in [-0.4, -0.2) is 25.6 Å². The molecule has 24 heavy (non-hydrogen) atoms. The van der Waals surface area contributed by atoms with E-state index in [0.29, 0.717) is 22.2 Å². The Labute approximate surface area is 144 Å². The Balaban J connectivity index is 2.06. The van der Waals surface area contributed by atoms with Crippen molar-refractivity contribution in [2.24, 2.45) is 0 Å².